The Labute approximate surface area is 78.9 Å². The smallest absolute Gasteiger partial charge is 0.199 e. The molecule has 66 valence electrons. The summed E-state index contributed by atoms with van der Waals surface area (Å²) >= 11 is 0. The van der Waals surface area contributed by atoms with E-state index < -0.39 is 0 Å². The zero-order valence-electron chi connectivity index (χ0n) is 7.12. The lowest BCUT2D eigenvalue weighted by Gasteiger charge is -1.96. The van der Waals surface area contributed by atoms with Crippen LogP contribution in [-0.2, 0) is 0 Å². The molecule has 0 bridgehead atoms. The molecule has 0 aliphatic heterocycles. The van der Waals surface area contributed by atoms with E-state index >= 15 is 0 Å². The maximum Gasteiger partial charge on any atom is 0.199 e. The second-order valence-electron chi connectivity index (χ2n) is 2.77. The van der Waals surface area contributed by atoms with Crippen molar-refractivity contribution in [1.29, 1.82) is 0 Å². The SMILES string of the molecule is c1cnc2nc3nccnc3nc2c1. The van der Waals surface area contributed by atoms with Gasteiger partial charge in [0.25, 0.3) is 0 Å². The van der Waals surface area contributed by atoms with Crippen LogP contribution in [0.5, 0.6) is 0 Å². The molecule has 0 saturated carbocycles. The number of rotatable bonds is 0. The molecule has 3 heterocycles. The van der Waals surface area contributed by atoms with Crippen molar-refractivity contribution in [2.45, 2.75) is 0 Å². The summed E-state index contributed by atoms with van der Waals surface area (Å²) in [5.74, 6) is 0. The molecule has 0 saturated heterocycles. The van der Waals surface area contributed by atoms with Crippen LogP contribution in [0.2, 0.25) is 0 Å². The molecule has 0 atom stereocenters. The van der Waals surface area contributed by atoms with Crippen LogP contribution in [0.15, 0.2) is 30.7 Å². The summed E-state index contributed by atoms with van der Waals surface area (Å²) < 4.78 is 0. The van der Waals surface area contributed by atoms with Crippen molar-refractivity contribution in [3.63, 3.8) is 0 Å². The monoisotopic (exact) mass is 183 g/mol. The van der Waals surface area contributed by atoms with E-state index in [4.69, 9.17) is 0 Å². The number of hydrogen-bond donors (Lipinski definition) is 0. The Hall–Kier alpha value is -2.17. The lowest BCUT2D eigenvalue weighted by molar-refractivity contribution is 1.18. The number of pyridine rings is 1. The van der Waals surface area contributed by atoms with Crippen LogP contribution in [0.1, 0.15) is 0 Å². The molecule has 14 heavy (non-hydrogen) atoms. The van der Waals surface area contributed by atoms with Crippen molar-refractivity contribution in [2.24, 2.45) is 0 Å². The molecular formula is C9H5N5. The van der Waals surface area contributed by atoms with E-state index in [0.717, 1.165) is 5.52 Å². The van der Waals surface area contributed by atoms with E-state index in [1.807, 2.05) is 12.1 Å². The highest BCUT2D eigenvalue weighted by Crippen LogP contribution is 2.08. The van der Waals surface area contributed by atoms with Gasteiger partial charge in [0, 0.05) is 18.6 Å². The molecule has 0 N–H and O–H groups in total. The maximum absolute atomic E-state index is 4.28. The molecule has 0 fully saturated rings. The molecule has 0 aliphatic carbocycles. The van der Waals surface area contributed by atoms with Gasteiger partial charge in [-0.1, -0.05) is 0 Å². The van der Waals surface area contributed by atoms with E-state index in [-0.39, 0.29) is 0 Å². The second-order valence-corrected chi connectivity index (χ2v) is 2.77. The Morgan fingerprint density at radius 3 is 2.29 bits per heavy atom. The van der Waals surface area contributed by atoms with Crippen molar-refractivity contribution in [2.75, 3.05) is 0 Å². The van der Waals surface area contributed by atoms with Gasteiger partial charge in [-0.2, -0.15) is 0 Å². The van der Waals surface area contributed by atoms with Crippen molar-refractivity contribution in [3.8, 4) is 0 Å². The number of hydrogen-bond acceptors (Lipinski definition) is 5. The van der Waals surface area contributed by atoms with Gasteiger partial charge in [0.2, 0.25) is 0 Å². The van der Waals surface area contributed by atoms with Crippen LogP contribution in [0.4, 0.5) is 0 Å². The summed E-state index contributed by atoms with van der Waals surface area (Å²) in [7, 11) is 0. The van der Waals surface area contributed by atoms with Crippen molar-refractivity contribution in [3.05, 3.63) is 30.7 Å². The molecule has 0 spiro atoms. The Morgan fingerprint density at radius 1 is 0.714 bits per heavy atom. The first-order valence-electron chi connectivity index (χ1n) is 4.13. The predicted molar refractivity (Wildman–Crippen MR) is 50.4 cm³/mol. The number of nitrogens with zero attached hydrogens (tertiary/aromatic N) is 5. The summed E-state index contributed by atoms with van der Waals surface area (Å²) in [5, 5.41) is 0. The fourth-order valence-corrected chi connectivity index (χ4v) is 1.26. The minimum absolute atomic E-state index is 0.527. The van der Waals surface area contributed by atoms with Crippen LogP contribution in [0.25, 0.3) is 22.5 Å². The van der Waals surface area contributed by atoms with E-state index in [1.165, 1.54) is 0 Å². The zero-order chi connectivity index (χ0) is 9.38. The molecule has 0 aromatic carbocycles. The average molecular weight is 183 g/mol. The first-order chi connectivity index (χ1) is 6.93. The van der Waals surface area contributed by atoms with Gasteiger partial charge in [0.1, 0.15) is 5.52 Å². The fraction of sp³-hybridized carbons (Fsp3) is 0. The van der Waals surface area contributed by atoms with Gasteiger partial charge in [-0.15, -0.1) is 0 Å². The lowest BCUT2D eigenvalue weighted by Crippen LogP contribution is -1.93. The van der Waals surface area contributed by atoms with E-state index in [0.29, 0.717) is 16.9 Å². The van der Waals surface area contributed by atoms with Crippen LogP contribution in [-0.4, -0.2) is 24.9 Å². The largest absolute Gasteiger partial charge is 0.235 e. The third kappa shape index (κ3) is 0.990. The normalized spacial score (nSPS) is 10.9. The number of aromatic nitrogens is 5. The highest BCUT2D eigenvalue weighted by molar-refractivity contribution is 5.78. The third-order valence-electron chi connectivity index (χ3n) is 1.86. The average Bonchev–Trinajstić information content (AvgIpc) is 2.26. The van der Waals surface area contributed by atoms with Crippen molar-refractivity contribution < 1.29 is 0 Å². The van der Waals surface area contributed by atoms with Gasteiger partial charge in [-0.05, 0) is 12.1 Å². The topological polar surface area (TPSA) is 64.5 Å². The fourth-order valence-electron chi connectivity index (χ4n) is 1.26. The first kappa shape index (κ1) is 7.25. The van der Waals surface area contributed by atoms with Crippen molar-refractivity contribution in [1.82, 2.24) is 24.9 Å². The summed E-state index contributed by atoms with van der Waals surface area (Å²) in [6, 6.07) is 3.67. The Balaban J connectivity index is 2.52. The molecular weight excluding hydrogens is 178 g/mol. The molecule has 3 aromatic heterocycles. The highest BCUT2D eigenvalue weighted by Gasteiger charge is 2.01. The van der Waals surface area contributed by atoms with Gasteiger partial charge >= 0.3 is 0 Å². The minimum atomic E-state index is 0.527. The van der Waals surface area contributed by atoms with Gasteiger partial charge in [-0.3, -0.25) is 0 Å². The zero-order valence-corrected chi connectivity index (χ0v) is 7.12. The summed E-state index contributed by atoms with van der Waals surface area (Å²) in [5.41, 5.74) is 2.41. The van der Waals surface area contributed by atoms with Crippen LogP contribution in [0.3, 0.4) is 0 Å². The Morgan fingerprint density at radius 2 is 1.43 bits per heavy atom. The first-order valence-corrected chi connectivity index (χ1v) is 4.13. The van der Waals surface area contributed by atoms with E-state index in [2.05, 4.69) is 24.9 Å². The standard InChI is InChI=1S/C9H5N5/c1-2-6-7(10-3-1)14-9-8(13-6)11-4-5-12-9/h1-5H. The molecule has 3 aromatic rings. The van der Waals surface area contributed by atoms with Crippen LogP contribution >= 0.6 is 0 Å². The van der Waals surface area contributed by atoms with Crippen LogP contribution < -0.4 is 0 Å². The van der Waals surface area contributed by atoms with E-state index in [9.17, 15) is 0 Å². The summed E-state index contributed by atoms with van der Waals surface area (Å²) in [6.45, 7) is 0. The second kappa shape index (κ2) is 2.66. The third-order valence-corrected chi connectivity index (χ3v) is 1.86. The van der Waals surface area contributed by atoms with Gasteiger partial charge in [0.05, 0.1) is 0 Å². The molecule has 0 aliphatic rings. The molecule has 0 unspecified atom stereocenters. The maximum atomic E-state index is 4.28. The number of fused-ring (bicyclic) bond motifs is 2. The summed E-state index contributed by atoms with van der Waals surface area (Å²) in [4.78, 5) is 20.7. The molecule has 5 nitrogen and oxygen atoms in total. The van der Waals surface area contributed by atoms with Gasteiger partial charge in [-0.25, -0.2) is 24.9 Å². The predicted octanol–water partition coefficient (Wildman–Crippen LogP) is 0.968. The van der Waals surface area contributed by atoms with Crippen molar-refractivity contribution >= 4 is 22.5 Å². The molecule has 0 amide bonds. The molecule has 0 radical (unpaired) electrons. The van der Waals surface area contributed by atoms with Crippen LogP contribution in [0, 0.1) is 0 Å². The Kier molecular flexibility index (Phi) is 1.38. The highest BCUT2D eigenvalue weighted by atomic mass is 15.0. The van der Waals surface area contributed by atoms with Gasteiger partial charge < -0.3 is 0 Å². The van der Waals surface area contributed by atoms with E-state index in [1.54, 1.807) is 18.6 Å². The quantitative estimate of drug-likeness (QED) is 0.486. The Bertz CT molecular complexity index is 502. The summed E-state index contributed by atoms with van der Waals surface area (Å²) in [6.07, 6.45) is 4.87. The minimum Gasteiger partial charge on any atom is -0.235 e. The lowest BCUT2D eigenvalue weighted by atomic mass is 10.4. The molecule has 3 rings (SSSR count). The molecule has 5 heteroatoms. The van der Waals surface area contributed by atoms with Gasteiger partial charge in [0.15, 0.2) is 16.9 Å².